The molecule has 0 unspecified atom stereocenters. The van der Waals surface area contributed by atoms with Crippen LogP contribution in [0.5, 0.6) is 11.5 Å². The van der Waals surface area contributed by atoms with Gasteiger partial charge in [-0.05, 0) is 6.07 Å². The zero-order valence-electron chi connectivity index (χ0n) is 7.06. The van der Waals surface area contributed by atoms with E-state index in [9.17, 15) is 8.78 Å². The fourth-order valence-electron chi connectivity index (χ4n) is 0.918. The van der Waals surface area contributed by atoms with Gasteiger partial charge < -0.3 is 9.47 Å². The van der Waals surface area contributed by atoms with Gasteiger partial charge >= 0.3 is 6.61 Å². The Bertz CT molecular complexity index is 331. The van der Waals surface area contributed by atoms with Crippen molar-refractivity contribution in [3.8, 4) is 11.5 Å². The summed E-state index contributed by atoms with van der Waals surface area (Å²) in [7, 11) is 1.30. The van der Waals surface area contributed by atoms with E-state index in [0.717, 1.165) is 0 Å². The minimum atomic E-state index is -2.95. The summed E-state index contributed by atoms with van der Waals surface area (Å²) < 4.78 is 32.8. The van der Waals surface area contributed by atoms with Gasteiger partial charge in [-0.2, -0.15) is 8.78 Å². The van der Waals surface area contributed by atoms with Crippen LogP contribution < -0.4 is 9.47 Å². The van der Waals surface area contributed by atoms with Crippen molar-refractivity contribution in [2.45, 2.75) is 6.61 Å². The number of methoxy groups -OCH3 is 1. The molecule has 78 valence electrons. The number of hydrogen-bond acceptors (Lipinski definition) is 2. The summed E-state index contributed by atoms with van der Waals surface area (Å²) >= 11 is 11.3. The molecule has 0 amide bonds. The Morgan fingerprint density at radius 3 is 2.43 bits per heavy atom. The molecule has 0 saturated carbocycles. The van der Waals surface area contributed by atoms with Crippen LogP contribution in [-0.4, -0.2) is 13.7 Å². The van der Waals surface area contributed by atoms with E-state index in [2.05, 4.69) is 4.74 Å². The van der Waals surface area contributed by atoms with Gasteiger partial charge in [-0.1, -0.05) is 23.2 Å². The second kappa shape index (κ2) is 4.66. The fourth-order valence-corrected chi connectivity index (χ4v) is 1.47. The van der Waals surface area contributed by atoms with Crippen LogP contribution in [0.25, 0.3) is 0 Å². The zero-order chi connectivity index (χ0) is 10.7. The summed E-state index contributed by atoms with van der Waals surface area (Å²) in [5.74, 6) is -0.142. The second-order valence-corrected chi connectivity index (χ2v) is 3.14. The molecule has 0 atom stereocenters. The molecular weight excluding hydrogens is 237 g/mol. The van der Waals surface area contributed by atoms with Gasteiger partial charge in [0.1, 0.15) is 0 Å². The van der Waals surface area contributed by atoms with Crippen molar-refractivity contribution in [1.29, 1.82) is 0 Å². The molecule has 2 nitrogen and oxygen atoms in total. The molecule has 6 heteroatoms. The van der Waals surface area contributed by atoms with Gasteiger partial charge in [0.25, 0.3) is 0 Å². The first-order valence-corrected chi connectivity index (χ1v) is 4.28. The van der Waals surface area contributed by atoms with Crippen molar-refractivity contribution in [2.24, 2.45) is 0 Å². The number of alkyl halides is 2. The van der Waals surface area contributed by atoms with E-state index >= 15 is 0 Å². The highest BCUT2D eigenvalue weighted by Gasteiger charge is 2.14. The van der Waals surface area contributed by atoms with Gasteiger partial charge in [0, 0.05) is 11.1 Å². The molecule has 1 aromatic carbocycles. The molecule has 0 bridgehead atoms. The molecule has 0 heterocycles. The van der Waals surface area contributed by atoms with Crippen LogP contribution in [0.1, 0.15) is 0 Å². The van der Waals surface area contributed by atoms with E-state index in [1.807, 2.05) is 0 Å². The van der Waals surface area contributed by atoms with Crippen molar-refractivity contribution in [3.63, 3.8) is 0 Å². The standard InChI is InChI=1S/C8H6Cl2F2O2/c1-13-7-5(10)2-4(9)3-6(7)14-8(11)12/h2-3,8H,1H3. The smallest absolute Gasteiger partial charge is 0.387 e. The Morgan fingerprint density at radius 1 is 1.29 bits per heavy atom. The summed E-state index contributed by atoms with van der Waals surface area (Å²) in [6.45, 7) is -2.95. The first kappa shape index (κ1) is 11.3. The SMILES string of the molecule is COc1c(Cl)cc(Cl)cc1OC(F)F. The molecule has 14 heavy (non-hydrogen) atoms. The van der Waals surface area contributed by atoms with Crippen LogP contribution in [0.2, 0.25) is 10.0 Å². The largest absolute Gasteiger partial charge is 0.491 e. The highest BCUT2D eigenvalue weighted by Crippen LogP contribution is 2.38. The molecule has 0 fully saturated rings. The van der Waals surface area contributed by atoms with Gasteiger partial charge in [0.05, 0.1) is 12.1 Å². The van der Waals surface area contributed by atoms with E-state index in [-0.39, 0.29) is 21.5 Å². The minimum absolute atomic E-state index is 0.0383. The lowest BCUT2D eigenvalue weighted by molar-refractivity contribution is -0.0511. The Balaban J connectivity index is 3.11. The van der Waals surface area contributed by atoms with Crippen molar-refractivity contribution < 1.29 is 18.3 Å². The summed E-state index contributed by atoms with van der Waals surface area (Å²) in [6, 6.07) is 2.58. The third-order valence-corrected chi connectivity index (χ3v) is 1.89. The van der Waals surface area contributed by atoms with Crippen molar-refractivity contribution >= 4 is 23.2 Å². The molecule has 1 rings (SSSR count). The van der Waals surface area contributed by atoms with Crippen LogP contribution in [0.3, 0.4) is 0 Å². The van der Waals surface area contributed by atoms with E-state index in [1.165, 1.54) is 19.2 Å². The van der Waals surface area contributed by atoms with Crippen molar-refractivity contribution in [2.75, 3.05) is 7.11 Å². The Morgan fingerprint density at radius 2 is 1.93 bits per heavy atom. The first-order chi connectivity index (χ1) is 6.54. The average molecular weight is 243 g/mol. The molecule has 0 aliphatic carbocycles. The quantitative estimate of drug-likeness (QED) is 0.807. The van der Waals surface area contributed by atoms with Gasteiger partial charge in [-0.3, -0.25) is 0 Å². The zero-order valence-corrected chi connectivity index (χ0v) is 8.57. The fraction of sp³-hybridized carbons (Fsp3) is 0.250. The van der Waals surface area contributed by atoms with Crippen LogP contribution in [0, 0.1) is 0 Å². The molecule has 1 aromatic rings. The molecule has 0 radical (unpaired) electrons. The maximum atomic E-state index is 11.9. The predicted octanol–water partition coefficient (Wildman–Crippen LogP) is 3.60. The van der Waals surface area contributed by atoms with E-state index in [0.29, 0.717) is 0 Å². The predicted molar refractivity (Wildman–Crippen MR) is 49.6 cm³/mol. The maximum Gasteiger partial charge on any atom is 0.387 e. The lowest BCUT2D eigenvalue weighted by Gasteiger charge is -2.11. The van der Waals surface area contributed by atoms with Crippen LogP contribution >= 0.6 is 23.2 Å². The molecule has 0 aliphatic rings. The van der Waals surface area contributed by atoms with Crippen molar-refractivity contribution in [3.05, 3.63) is 22.2 Å². The lowest BCUT2D eigenvalue weighted by atomic mass is 10.3. The minimum Gasteiger partial charge on any atom is -0.491 e. The number of rotatable bonds is 3. The monoisotopic (exact) mass is 242 g/mol. The third kappa shape index (κ3) is 2.62. The van der Waals surface area contributed by atoms with Gasteiger partial charge in [0.2, 0.25) is 0 Å². The van der Waals surface area contributed by atoms with Crippen LogP contribution in [-0.2, 0) is 0 Å². The summed E-state index contributed by atoms with van der Waals surface area (Å²) in [4.78, 5) is 0. The van der Waals surface area contributed by atoms with Crippen LogP contribution in [0.4, 0.5) is 8.78 Å². The highest BCUT2D eigenvalue weighted by molar-refractivity contribution is 6.35. The maximum absolute atomic E-state index is 11.9. The Labute approximate surface area is 89.3 Å². The highest BCUT2D eigenvalue weighted by atomic mass is 35.5. The van der Waals surface area contributed by atoms with Gasteiger partial charge in [-0.25, -0.2) is 0 Å². The molecule has 0 N–H and O–H groups in total. The summed E-state index contributed by atoms with van der Waals surface area (Å²) in [5, 5.41) is 0.321. The third-order valence-electron chi connectivity index (χ3n) is 1.39. The number of benzene rings is 1. The van der Waals surface area contributed by atoms with Gasteiger partial charge in [0.15, 0.2) is 11.5 Å². The van der Waals surface area contributed by atoms with Crippen LogP contribution in [0.15, 0.2) is 12.1 Å². The van der Waals surface area contributed by atoms with Crippen molar-refractivity contribution in [1.82, 2.24) is 0 Å². The first-order valence-electron chi connectivity index (χ1n) is 3.52. The average Bonchev–Trinajstić information content (AvgIpc) is 2.01. The Kier molecular flexibility index (Phi) is 3.77. The number of hydrogen-bond donors (Lipinski definition) is 0. The normalized spacial score (nSPS) is 10.4. The molecule has 0 spiro atoms. The van der Waals surface area contributed by atoms with Gasteiger partial charge in [-0.15, -0.1) is 0 Å². The molecule has 0 aliphatic heterocycles. The lowest BCUT2D eigenvalue weighted by Crippen LogP contribution is -2.03. The Hall–Kier alpha value is -0.740. The number of ether oxygens (including phenoxy) is 2. The van der Waals surface area contributed by atoms with E-state index in [4.69, 9.17) is 27.9 Å². The number of halogens is 4. The topological polar surface area (TPSA) is 18.5 Å². The van der Waals surface area contributed by atoms with E-state index < -0.39 is 6.61 Å². The molecule has 0 aromatic heterocycles. The second-order valence-electron chi connectivity index (χ2n) is 2.30. The molecular formula is C8H6Cl2F2O2. The summed E-state index contributed by atoms with van der Waals surface area (Å²) in [6.07, 6.45) is 0. The molecule has 0 saturated heterocycles. The summed E-state index contributed by atoms with van der Waals surface area (Å²) in [5.41, 5.74) is 0. The van der Waals surface area contributed by atoms with E-state index in [1.54, 1.807) is 0 Å².